The van der Waals surface area contributed by atoms with Crippen molar-refractivity contribution in [3.8, 4) is 0 Å². The maximum absolute atomic E-state index is 12.6. The summed E-state index contributed by atoms with van der Waals surface area (Å²) in [6, 6.07) is 11.6. The van der Waals surface area contributed by atoms with Crippen LogP contribution in [0.15, 0.2) is 47.4 Å². The van der Waals surface area contributed by atoms with Crippen LogP contribution in [0.3, 0.4) is 0 Å². The third kappa shape index (κ3) is 3.98. The Labute approximate surface area is 174 Å². The molecule has 0 aliphatic carbocycles. The van der Waals surface area contributed by atoms with Crippen LogP contribution in [0.25, 0.3) is 10.2 Å². The number of aromatic nitrogens is 1. The largest absolute Gasteiger partial charge is 0.348 e. The van der Waals surface area contributed by atoms with Gasteiger partial charge in [-0.2, -0.15) is 0 Å². The Hall–Kier alpha value is -2.49. The zero-order valence-corrected chi connectivity index (χ0v) is 17.9. The smallest absolute Gasteiger partial charge is 0.255 e. The van der Waals surface area contributed by atoms with E-state index in [1.807, 2.05) is 18.2 Å². The molecule has 1 N–H and O–H groups in total. The summed E-state index contributed by atoms with van der Waals surface area (Å²) in [7, 11) is -0.570. The molecule has 29 heavy (non-hydrogen) atoms. The second-order valence-corrected chi connectivity index (χ2v) is 10.3. The summed E-state index contributed by atoms with van der Waals surface area (Å²) in [4.78, 5) is 19.7. The molecule has 0 unspecified atom stereocenters. The van der Waals surface area contributed by atoms with E-state index in [1.54, 1.807) is 11.3 Å². The van der Waals surface area contributed by atoms with Crippen LogP contribution in [-0.4, -0.2) is 50.8 Å². The SMILES string of the molecule is CN(C)S(=O)(=O)c1ccc(C(=O)Nc2ccc3nc(N4CCCC4)sc3c2)cc1. The summed E-state index contributed by atoms with van der Waals surface area (Å²) in [5, 5.41) is 3.90. The van der Waals surface area contributed by atoms with Crippen LogP contribution in [0.2, 0.25) is 0 Å². The lowest BCUT2D eigenvalue weighted by atomic mass is 10.2. The molecule has 9 heteroatoms. The summed E-state index contributed by atoms with van der Waals surface area (Å²) in [6.07, 6.45) is 2.40. The lowest BCUT2D eigenvalue weighted by Gasteiger charge is -2.11. The van der Waals surface area contributed by atoms with Crippen molar-refractivity contribution in [1.29, 1.82) is 0 Å². The quantitative estimate of drug-likeness (QED) is 0.671. The Morgan fingerprint density at radius 1 is 1.10 bits per heavy atom. The molecule has 1 aliphatic heterocycles. The molecule has 4 rings (SSSR count). The number of nitrogens with zero attached hydrogens (tertiary/aromatic N) is 3. The number of rotatable bonds is 5. The second kappa shape index (κ2) is 7.74. The molecule has 1 saturated heterocycles. The number of hydrogen-bond acceptors (Lipinski definition) is 6. The molecule has 0 spiro atoms. The fraction of sp³-hybridized carbons (Fsp3) is 0.300. The van der Waals surface area contributed by atoms with Crippen molar-refractivity contribution in [3.05, 3.63) is 48.0 Å². The van der Waals surface area contributed by atoms with Gasteiger partial charge in [-0.1, -0.05) is 11.3 Å². The third-order valence-corrected chi connectivity index (χ3v) is 7.81. The Balaban J connectivity index is 1.51. The average molecular weight is 431 g/mol. The first-order chi connectivity index (χ1) is 13.8. The molecular weight excluding hydrogens is 408 g/mol. The standard InChI is InChI=1S/C20H22N4O3S2/c1-23(2)29(26,27)16-8-5-14(6-9-16)19(25)21-15-7-10-17-18(13-15)28-20(22-17)24-11-3-4-12-24/h5-10,13H,3-4,11-12H2,1-2H3,(H,21,25). The zero-order chi connectivity index (χ0) is 20.6. The van der Waals surface area contributed by atoms with Gasteiger partial charge in [0.25, 0.3) is 5.91 Å². The van der Waals surface area contributed by atoms with E-state index in [2.05, 4.69) is 10.2 Å². The normalized spacial score (nSPS) is 14.7. The van der Waals surface area contributed by atoms with Crippen molar-refractivity contribution in [1.82, 2.24) is 9.29 Å². The maximum Gasteiger partial charge on any atom is 0.255 e. The van der Waals surface area contributed by atoms with Crippen LogP contribution in [-0.2, 0) is 10.0 Å². The molecule has 0 bridgehead atoms. The van der Waals surface area contributed by atoms with E-state index in [4.69, 9.17) is 4.98 Å². The molecule has 1 aliphatic rings. The summed E-state index contributed by atoms with van der Waals surface area (Å²) < 4.78 is 26.5. The molecule has 0 radical (unpaired) electrons. The molecule has 1 fully saturated rings. The Morgan fingerprint density at radius 3 is 2.45 bits per heavy atom. The van der Waals surface area contributed by atoms with Crippen LogP contribution in [0.4, 0.5) is 10.8 Å². The molecule has 0 atom stereocenters. The maximum atomic E-state index is 12.6. The predicted molar refractivity (Wildman–Crippen MR) is 116 cm³/mol. The van der Waals surface area contributed by atoms with Crippen molar-refractivity contribution < 1.29 is 13.2 Å². The highest BCUT2D eigenvalue weighted by Gasteiger charge is 2.18. The first-order valence-electron chi connectivity index (χ1n) is 9.34. The third-order valence-electron chi connectivity index (χ3n) is 4.91. The number of amides is 1. The van der Waals surface area contributed by atoms with Crippen LogP contribution >= 0.6 is 11.3 Å². The minimum atomic E-state index is -3.52. The fourth-order valence-corrected chi connectivity index (χ4v) is 5.18. The number of carbonyl (C=O) groups excluding carboxylic acids is 1. The Kier molecular flexibility index (Phi) is 5.28. The van der Waals surface area contributed by atoms with E-state index < -0.39 is 10.0 Å². The van der Waals surface area contributed by atoms with E-state index in [9.17, 15) is 13.2 Å². The lowest BCUT2D eigenvalue weighted by molar-refractivity contribution is 0.102. The zero-order valence-electron chi connectivity index (χ0n) is 16.3. The van der Waals surface area contributed by atoms with E-state index in [0.29, 0.717) is 11.3 Å². The van der Waals surface area contributed by atoms with E-state index in [1.165, 1.54) is 51.2 Å². The van der Waals surface area contributed by atoms with Crippen LogP contribution in [0, 0.1) is 0 Å². The number of fused-ring (bicyclic) bond motifs is 1. The van der Waals surface area contributed by atoms with Gasteiger partial charge in [0.05, 0.1) is 15.1 Å². The van der Waals surface area contributed by atoms with Gasteiger partial charge < -0.3 is 10.2 Å². The Morgan fingerprint density at radius 2 is 1.79 bits per heavy atom. The molecular formula is C20H22N4O3S2. The van der Waals surface area contributed by atoms with Crippen LogP contribution in [0.1, 0.15) is 23.2 Å². The van der Waals surface area contributed by atoms with E-state index in [0.717, 1.165) is 32.7 Å². The monoisotopic (exact) mass is 430 g/mol. The van der Waals surface area contributed by atoms with Crippen molar-refractivity contribution in [2.24, 2.45) is 0 Å². The molecule has 1 amide bonds. The van der Waals surface area contributed by atoms with Crippen molar-refractivity contribution in [3.63, 3.8) is 0 Å². The molecule has 7 nitrogen and oxygen atoms in total. The van der Waals surface area contributed by atoms with Crippen molar-refractivity contribution >= 4 is 48.3 Å². The van der Waals surface area contributed by atoms with Crippen LogP contribution in [0.5, 0.6) is 0 Å². The molecule has 2 aromatic carbocycles. The highest BCUT2D eigenvalue weighted by atomic mass is 32.2. The average Bonchev–Trinajstić information content (AvgIpc) is 3.37. The predicted octanol–water partition coefficient (Wildman–Crippen LogP) is 3.40. The van der Waals surface area contributed by atoms with Gasteiger partial charge in [0.15, 0.2) is 5.13 Å². The highest BCUT2D eigenvalue weighted by Crippen LogP contribution is 2.32. The minimum absolute atomic E-state index is 0.152. The molecule has 1 aromatic heterocycles. The number of sulfonamides is 1. The van der Waals surface area contributed by atoms with Gasteiger partial charge in [-0.15, -0.1) is 0 Å². The molecule has 3 aromatic rings. The number of thiazole rings is 1. The Bertz CT molecular complexity index is 1150. The van der Waals surface area contributed by atoms with Crippen LogP contribution < -0.4 is 10.2 Å². The fourth-order valence-electron chi connectivity index (χ4n) is 3.23. The van der Waals surface area contributed by atoms with Gasteiger partial charge in [0, 0.05) is 38.4 Å². The lowest BCUT2D eigenvalue weighted by Crippen LogP contribution is -2.22. The van der Waals surface area contributed by atoms with E-state index in [-0.39, 0.29) is 10.8 Å². The number of carbonyl (C=O) groups is 1. The van der Waals surface area contributed by atoms with E-state index >= 15 is 0 Å². The summed E-state index contributed by atoms with van der Waals surface area (Å²) in [5.74, 6) is -0.289. The van der Waals surface area contributed by atoms with Crippen molar-refractivity contribution in [2.75, 3.05) is 37.4 Å². The second-order valence-electron chi connectivity index (χ2n) is 7.14. The van der Waals surface area contributed by atoms with Gasteiger partial charge in [0.1, 0.15) is 0 Å². The van der Waals surface area contributed by atoms with Gasteiger partial charge in [-0.25, -0.2) is 17.7 Å². The summed E-state index contributed by atoms with van der Waals surface area (Å²) in [6.45, 7) is 2.09. The van der Waals surface area contributed by atoms with Gasteiger partial charge in [-0.05, 0) is 55.3 Å². The number of hydrogen-bond donors (Lipinski definition) is 1. The minimum Gasteiger partial charge on any atom is -0.348 e. The number of benzene rings is 2. The molecule has 152 valence electrons. The van der Waals surface area contributed by atoms with Gasteiger partial charge in [0.2, 0.25) is 10.0 Å². The topological polar surface area (TPSA) is 82.6 Å². The van der Waals surface area contributed by atoms with Gasteiger partial charge in [-0.3, -0.25) is 4.79 Å². The highest BCUT2D eigenvalue weighted by molar-refractivity contribution is 7.89. The number of anilines is 2. The summed E-state index contributed by atoms with van der Waals surface area (Å²) in [5.41, 5.74) is 2.00. The first kappa shape index (κ1) is 19.8. The summed E-state index contributed by atoms with van der Waals surface area (Å²) >= 11 is 1.63. The first-order valence-corrected chi connectivity index (χ1v) is 11.6. The molecule has 2 heterocycles. The number of nitrogens with one attached hydrogen (secondary N) is 1. The van der Waals surface area contributed by atoms with Crippen molar-refractivity contribution in [2.45, 2.75) is 17.7 Å². The molecule has 0 saturated carbocycles. The van der Waals surface area contributed by atoms with Gasteiger partial charge >= 0.3 is 0 Å².